The number of nitrogens with one attached hydrogen (secondary N) is 1. The third-order valence-corrected chi connectivity index (χ3v) is 7.90. The van der Waals surface area contributed by atoms with Crippen molar-refractivity contribution in [2.75, 3.05) is 32.7 Å². The highest BCUT2D eigenvalue weighted by Gasteiger charge is 2.29. The highest BCUT2D eigenvalue weighted by Crippen LogP contribution is 2.33. The number of rotatable bonds is 4. The van der Waals surface area contributed by atoms with Crippen LogP contribution in [0.15, 0.2) is 16.3 Å². The fraction of sp³-hybridized carbons (Fsp3) is 0.533. The van der Waals surface area contributed by atoms with Crippen LogP contribution in [-0.4, -0.2) is 60.5 Å². The zero-order valence-electron chi connectivity index (χ0n) is 13.7. The topological polar surface area (TPSA) is 69.3 Å². The summed E-state index contributed by atoms with van der Waals surface area (Å²) in [5.74, 6) is 0. The van der Waals surface area contributed by atoms with Gasteiger partial charge in [-0.05, 0) is 38.1 Å². The van der Waals surface area contributed by atoms with Crippen molar-refractivity contribution in [2.24, 2.45) is 0 Å². The number of aromatic amines is 1. The minimum atomic E-state index is -3.40. The Bertz CT molecular complexity index is 786. The molecule has 126 valence electrons. The molecule has 3 rings (SSSR count). The van der Waals surface area contributed by atoms with Crippen molar-refractivity contribution in [3.8, 4) is 10.6 Å². The summed E-state index contributed by atoms with van der Waals surface area (Å²) in [6.07, 6.45) is 0. The second-order valence-corrected chi connectivity index (χ2v) is 9.03. The van der Waals surface area contributed by atoms with E-state index in [0.29, 0.717) is 17.3 Å². The van der Waals surface area contributed by atoms with E-state index in [1.165, 1.54) is 11.3 Å². The first-order chi connectivity index (χ1) is 10.9. The molecular formula is C15H22N4O2S2. The zero-order chi connectivity index (χ0) is 16.6. The van der Waals surface area contributed by atoms with Gasteiger partial charge in [-0.15, -0.1) is 11.3 Å². The Labute approximate surface area is 141 Å². The summed E-state index contributed by atoms with van der Waals surface area (Å²) in [7, 11) is -3.40. The van der Waals surface area contributed by atoms with Gasteiger partial charge < -0.3 is 4.90 Å². The van der Waals surface area contributed by atoms with Gasteiger partial charge in [-0.1, -0.05) is 6.92 Å². The van der Waals surface area contributed by atoms with E-state index in [9.17, 15) is 8.42 Å². The highest BCUT2D eigenvalue weighted by atomic mass is 32.2. The molecule has 2 aromatic heterocycles. The van der Waals surface area contributed by atoms with Crippen molar-refractivity contribution >= 4 is 21.4 Å². The summed E-state index contributed by atoms with van der Waals surface area (Å²) < 4.78 is 27.6. The molecule has 23 heavy (non-hydrogen) atoms. The van der Waals surface area contributed by atoms with E-state index in [4.69, 9.17) is 0 Å². The lowest BCUT2D eigenvalue weighted by Gasteiger charge is -2.32. The molecule has 8 heteroatoms. The maximum absolute atomic E-state index is 12.8. The van der Waals surface area contributed by atoms with Gasteiger partial charge in [-0.3, -0.25) is 5.10 Å². The predicted molar refractivity (Wildman–Crippen MR) is 92.2 cm³/mol. The van der Waals surface area contributed by atoms with E-state index in [1.54, 1.807) is 10.4 Å². The molecule has 2 aromatic rings. The van der Waals surface area contributed by atoms with Crippen molar-refractivity contribution in [3.05, 3.63) is 23.4 Å². The first kappa shape index (κ1) is 16.6. The Kier molecular flexibility index (Phi) is 4.59. The van der Waals surface area contributed by atoms with E-state index < -0.39 is 10.0 Å². The maximum atomic E-state index is 12.8. The fourth-order valence-electron chi connectivity index (χ4n) is 2.72. The van der Waals surface area contributed by atoms with E-state index in [-0.39, 0.29) is 0 Å². The minimum absolute atomic E-state index is 0.400. The quantitative estimate of drug-likeness (QED) is 0.913. The van der Waals surface area contributed by atoms with E-state index in [1.807, 2.05) is 19.9 Å². The van der Waals surface area contributed by atoms with Gasteiger partial charge in [0.25, 0.3) is 10.0 Å². The largest absolute Gasteiger partial charge is 0.301 e. The fourth-order valence-corrected chi connectivity index (χ4v) is 5.65. The molecule has 0 radical (unpaired) electrons. The average molecular weight is 355 g/mol. The third-order valence-electron chi connectivity index (χ3n) is 4.44. The molecule has 1 N–H and O–H groups in total. The SMILES string of the molecule is CCN1CCN(S(=O)(=O)c2ccc(-c3n[nH]c(C)c3C)s2)CC1. The van der Waals surface area contributed by atoms with Crippen molar-refractivity contribution < 1.29 is 8.42 Å². The van der Waals surface area contributed by atoms with Gasteiger partial charge in [0.2, 0.25) is 0 Å². The molecule has 1 saturated heterocycles. The molecular weight excluding hydrogens is 332 g/mol. The van der Waals surface area contributed by atoms with E-state index in [0.717, 1.165) is 41.5 Å². The number of nitrogens with zero attached hydrogens (tertiary/aromatic N) is 3. The number of aryl methyl sites for hydroxylation is 1. The Hall–Kier alpha value is -1.22. The number of aromatic nitrogens is 2. The second-order valence-electron chi connectivity index (χ2n) is 5.78. The van der Waals surface area contributed by atoms with E-state index >= 15 is 0 Å². The molecule has 3 heterocycles. The van der Waals surface area contributed by atoms with Gasteiger partial charge in [0.1, 0.15) is 9.90 Å². The monoisotopic (exact) mass is 354 g/mol. The molecule has 1 fully saturated rings. The first-order valence-electron chi connectivity index (χ1n) is 7.77. The molecule has 0 saturated carbocycles. The van der Waals surface area contributed by atoms with Crippen molar-refractivity contribution in [1.82, 2.24) is 19.4 Å². The molecule has 6 nitrogen and oxygen atoms in total. The summed E-state index contributed by atoms with van der Waals surface area (Å²) in [5.41, 5.74) is 2.91. The third kappa shape index (κ3) is 3.08. The van der Waals surface area contributed by atoms with Crippen molar-refractivity contribution in [2.45, 2.75) is 25.0 Å². The molecule has 0 unspecified atom stereocenters. The zero-order valence-corrected chi connectivity index (χ0v) is 15.3. The predicted octanol–water partition coefficient (Wildman–Crippen LogP) is 2.08. The molecule has 0 atom stereocenters. The van der Waals surface area contributed by atoms with Gasteiger partial charge >= 0.3 is 0 Å². The van der Waals surface area contributed by atoms with Gasteiger partial charge in [0, 0.05) is 31.9 Å². The number of hydrogen-bond donors (Lipinski definition) is 1. The Morgan fingerprint density at radius 3 is 2.48 bits per heavy atom. The number of likely N-dealkylation sites (N-methyl/N-ethyl adjacent to an activating group) is 1. The molecule has 0 aromatic carbocycles. The van der Waals surface area contributed by atoms with Crippen LogP contribution in [0.4, 0.5) is 0 Å². The number of thiophene rings is 1. The Morgan fingerprint density at radius 1 is 1.22 bits per heavy atom. The van der Waals surface area contributed by atoms with Crippen LogP contribution in [0.2, 0.25) is 0 Å². The van der Waals surface area contributed by atoms with Crippen molar-refractivity contribution in [3.63, 3.8) is 0 Å². The Balaban J connectivity index is 1.83. The highest BCUT2D eigenvalue weighted by molar-refractivity contribution is 7.91. The lowest BCUT2D eigenvalue weighted by Crippen LogP contribution is -2.48. The molecule has 1 aliphatic heterocycles. The van der Waals surface area contributed by atoms with Gasteiger partial charge in [0.05, 0.1) is 4.88 Å². The first-order valence-corrected chi connectivity index (χ1v) is 10.0. The van der Waals surface area contributed by atoms with Crippen LogP contribution in [0.1, 0.15) is 18.2 Å². The summed E-state index contributed by atoms with van der Waals surface area (Å²) in [6, 6.07) is 3.55. The smallest absolute Gasteiger partial charge is 0.252 e. The van der Waals surface area contributed by atoms with Gasteiger partial charge in [0.15, 0.2) is 0 Å². The lowest BCUT2D eigenvalue weighted by molar-refractivity contribution is 0.196. The van der Waals surface area contributed by atoms with Crippen LogP contribution in [-0.2, 0) is 10.0 Å². The Morgan fingerprint density at radius 2 is 1.91 bits per heavy atom. The normalized spacial score (nSPS) is 17.7. The van der Waals surface area contributed by atoms with Crippen molar-refractivity contribution in [1.29, 1.82) is 0 Å². The lowest BCUT2D eigenvalue weighted by atomic mass is 10.2. The number of H-pyrrole nitrogens is 1. The number of hydrogen-bond acceptors (Lipinski definition) is 5. The molecule has 0 bridgehead atoms. The van der Waals surface area contributed by atoms with Crippen LogP contribution in [0.3, 0.4) is 0 Å². The maximum Gasteiger partial charge on any atom is 0.252 e. The summed E-state index contributed by atoms with van der Waals surface area (Å²) in [6.45, 7) is 9.74. The molecule has 1 aliphatic rings. The van der Waals surface area contributed by atoms with Gasteiger partial charge in [-0.25, -0.2) is 8.42 Å². The summed E-state index contributed by atoms with van der Waals surface area (Å²) in [4.78, 5) is 3.15. The van der Waals surface area contributed by atoms with Crippen LogP contribution in [0.5, 0.6) is 0 Å². The molecule has 0 spiro atoms. The molecule has 0 aliphatic carbocycles. The second kappa shape index (κ2) is 6.35. The number of piperazine rings is 1. The summed E-state index contributed by atoms with van der Waals surface area (Å²) in [5, 5.41) is 7.23. The average Bonchev–Trinajstić information content (AvgIpc) is 3.16. The standard InChI is InChI=1S/C15H22N4O2S2/c1-4-18-7-9-19(10-8-18)23(20,21)14-6-5-13(22-14)15-11(2)12(3)16-17-15/h5-6H,4,7-10H2,1-3H3,(H,16,17). The van der Waals surface area contributed by atoms with E-state index in [2.05, 4.69) is 22.0 Å². The van der Waals surface area contributed by atoms with Crippen LogP contribution < -0.4 is 0 Å². The molecule has 0 amide bonds. The van der Waals surface area contributed by atoms with Gasteiger partial charge in [-0.2, -0.15) is 9.40 Å². The summed E-state index contributed by atoms with van der Waals surface area (Å²) >= 11 is 1.29. The van der Waals surface area contributed by atoms with Crippen LogP contribution in [0, 0.1) is 13.8 Å². The minimum Gasteiger partial charge on any atom is -0.301 e. The number of sulfonamides is 1. The van der Waals surface area contributed by atoms with Crippen LogP contribution >= 0.6 is 11.3 Å². The van der Waals surface area contributed by atoms with Crippen LogP contribution in [0.25, 0.3) is 10.6 Å².